The van der Waals surface area contributed by atoms with E-state index in [-0.39, 0.29) is 32.3 Å². The van der Waals surface area contributed by atoms with Gasteiger partial charge in [0, 0.05) is 23.4 Å². The molecule has 0 aliphatic carbocycles. The summed E-state index contributed by atoms with van der Waals surface area (Å²) in [5, 5.41) is 18.4. The number of aliphatic carboxylic acids is 1. The zero-order valence-electron chi connectivity index (χ0n) is 30.5. The number of hydrogen-bond acceptors (Lipinski definition) is 15. The number of nitrogens with two attached hydrogens (primary N) is 1. The zero-order valence-corrected chi connectivity index (χ0v) is 35.4. The number of carboxylic acids is 1. The van der Waals surface area contributed by atoms with Crippen LogP contribution in [0.4, 0.5) is 10.1 Å². The van der Waals surface area contributed by atoms with Gasteiger partial charge in [-0.1, -0.05) is 44.1 Å². The summed E-state index contributed by atoms with van der Waals surface area (Å²) in [4.78, 5) is 68.0. The minimum atomic E-state index is -4.35. The highest BCUT2D eigenvalue weighted by molar-refractivity contribution is 8.00. The van der Waals surface area contributed by atoms with Crippen LogP contribution in [0.15, 0.2) is 36.8 Å². The van der Waals surface area contributed by atoms with E-state index in [1.54, 1.807) is 15.6 Å². The Balaban J connectivity index is 0.000000422. The Kier molecular flexibility index (Phi) is 20.6. The van der Waals surface area contributed by atoms with E-state index in [9.17, 15) is 33.0 Å². The fraction of sp³-hybridized carbons (Fsp3) is 0.552. The number of hydrogen-bond donors (Lipinski definition) is 4. The van der Waals surface area contributed by atoms with Crippen molar-refractivity contribution in [2.24, 2.45) is 4.99 Å². The van der Waals surface area contributed by atoms with Crippen LogP contribution in [0.1, 0.15) is 39.3 Å². The molecular weight excluding hydrogens is 818 g/mol. The Morgan fingerprint density at radius 1 is 1.21 bits per heavy atom. The lowest BCUT2D eigenvalue weighted by molar-refractivity contribution is -0.193. The number of thioether (sulfide) groups is 2. The smallest absolute Gasteiger partial charge is 0.325 e. The van der Waals surface area contributed by atoms with Crippen LogP contribution in [0.5, 0.6) is 0 Å². The molecule has 0 saturated carbocycles. The molecule has 0 spiro atoms. The minimum Gasteiger partial charge on any atom is -0.778 e. The number of carbonyl (C=O) groups is 2. The molecular formula is C29H45ClFN8O9PS4. The lowest BCUT2D eigenvalue weighted by atomic mass is 9.93. The van der Waals surface area contributed by atoms with E-state index in [4.69, 9.17) is 27.4 Å². The second-order valence-corrected chi connectivity index (χ2v) is 19.3. The number of benzene rings is 1. The van der Waals surface area contributed by atoms with Crippen molar-refractivity contribution in [1.29, 1.82) is 0 Å². The fourth-order valence-electron chi connectivity index (χ4n) is 3.73. The third kappa shape index (κ3) is 17.5. The predicted molar refractivity (Wildman–Crippen MR) is 208 cm³/mol. The summed E-state index contributed by atoms with van der Waals surface area (Å²) in [7, 11) is -2.41. The van der Waals surface area contributed by atoms with Gasteiger partial charge >= 0.3 is 16.8 Å². The normalized spacial score (nSPS) is 13.6. The summed E-state index contributed by atoms with van der Waals surface area (Å²) in [5.74, 6) is 3.48. The van der Waals surface area contributed by atoms with Gasteiger partial charge in [0.25, 0.3) is 5.56 Å². The number of rotatable bonds is 9. The van der Waals surface area contributed by atoms with E-state index < -0.39 is 38.2 Å². The van der Waals surface area contributed by atoms with Crippen LogP contribution < -0.4 is 31.3 Å². The number of nitrogens with one attached hydrogen (secondary N) is 1. The number of carboxylic acid groups (broad SMARTS) is 1. The van der Waals surface area contributed by atoms with Gasteiger partial charge in [-0.15, -0.1) is 22.0 Å². The van der Waals surface area contributed by atoms with Gasteiger partial charge in [0.2, 0.25) is 9.96 Å². The largest absolute Gasteiger partial charge is 0.778 e. The standard InChI is InChI=1S/C15H15ClFN3O3S2.C8H14N4OS.C3H8NO5P.C3H9S/c1-23-13(21)8-24-12-7-11(10(17)6-9(12)16)18-14-19-4-2-3-5-20(19)15(22)25-14;1-8(2,3)5-6(13)12(9)7(14-4)11-10-5;5-3(6)1-4-2-10(7,8)9;1-4(2)3/h6-7H,2-5,8H2,1H3;9H2,1-4H3;4H,1-2H2,(H,5,6)(H2,7,8,9);1-3H3/q;;;+1/p-1/b18-14-;;;. The van der Waals surface area contributed by atoms with E-state index in [0.717, 1.165) is 46.7 Å². The van der Waals surface area contributed by atoms with Crippen molar-refractivity contribution in [3.63, 3.8) is 0 Å². The highest BCUT2D eigenvalue weighted by Gasteiger charge is 2.22. The number of halogens is 2. The SMILES string of the molecule is COC(=O)CSc1cc(/N=c2\sc(=O)n3n2CCCC3)c(F)cc1Cl.CSc1nnc(C(C)(C)C)c(=O)n1N.C[S+](C)C.O=C(O)CNCP(=O)([O-])O. The summed E-state index contributed by atoms with van der Waals surface area (Å²) in [6.45, 7) is 6.54. The van der Waals surface area contributed by atoms with Crippen molar-refractivity contribution in [3.05, 3.63) is 53.5 Å². The topological polar surface area (TPSA) is 249 Å². The van der Waals surface area contributed by atoms with Crippen molar-refractivity contribution < 1.29 is 38.2 Å². The molecule has 5 N–H and O–H groups in total. The molecule has 1 aliphatic heterocycles. The van der Waals surface area contributed by atoms with E-state index in [1.165, 1.54) is 24.9 Å². The molecule has 53 heavy (non-hydrogen) atoms. The number of carbonyl (C=O) groups excluding carboxylic acids is 1. The van der Waals surface area contributed by atoms with Gasteiger partial charge < -0.3 is 30.0 Å². The Bertz CT molecular complexity index is 1920. The predicted octanol–water partition coefficient (Wildman–Crippen LogP) is 1.82. The molecule has 17 nitrogen and oxygen atoms in total. The van der Waals surface area contributed by atoms with Crippen LogP contribution in [0.2, 0.25) is 5.02 Å². The van der Waals surface area contributed by atoms with E-state index in [1.807, 2.05) is 26.1 Å². The van der Waals surface area contributed by atoms with E-state index in [0.29, 0.717) is 44.5 Å². The molecule has 0 radical (unpaired) electrons. The first-order valence-corrected chi connectivity index (χ1v) is 22.9. The van der Waals surface area contributed by atoms with Crippen molar-refractivity contribution in [1.82, 2.24) is 29.6 Å². The third-order valence-electron chi connectivity index (χ3n) is 6.03. The van der Waals surface area contributed by atoms with Crippen LogP contribution in [-0.2, 0) is 48.3 Å². The number of aromatic nitrogens is 5. The van der Waals surface area contributed by atoms with Gasteiger partial charge in [0.05, 0.1) is 49.5 Å². The van der Waals surface area contributed by atoms with E-state index >= 15 is 0 Å². The number of methoxy groups -OCH3 is 1. The van der Waals surface area contributed by atoms with Crippen LogP contribution in [-0.4, -0.2) is 96.9 Å². The molecule has 1 aromatic carbocycles. The van der Waals surface area contributed by atoms with Gasteiger partial charge in [-0.2, -0.15) is 4.68 Å². The monoisotopic (exact) mass is 862 g/mol. The van der Waals surface area contributed by atoms with Crippen LogP contribution in [0, 0.1) is 5.82 Å². The van der Waals surface area contributed by atoms with Gasteiger partial charge in [-0.3, -0.25) is 29.2 Å². The molecule has 2 aromatic heterocycles. The molecule has 1 aliphatic rings. The second kappa shape index (κ2) is 22.6. The zero-order chi connectivity index (χ0) is 40.7. The van der Waals surface area contributed by atoms with Crippen molar-refractivity contribution >= 4 is 82.6 Å². The maximum absolute atomic E-state index is 14.3. The maximum Gasteiger partial charge on any atom is 0.325 e. The average Bonchev–Trinajstić information content (AvgIpc) is 3.36. The first-order valence-electron chi connectivity index (χ1n) is 15.3. The quantitative estimate of drug-likeness (QED) is 0.0788. The number of ether oxygens (including phenoxy) is 1. The molecule has 298 valence electrons. The molecule has 0 saturated heterocycles. The van der Waals surface area contributed by atoms with Crippen LogP contribution in [0.3, 0.4) is 0 Å². The lowest BCUT2D eigenvalue weighted by Crippen LogP contribution is -2.37. The van der Waals surface area contributed by atoms with Crippen LogP contribution in [0.25, 0.3) is 0 Å². The maximum atomic E-state index is 14.3. The third-order valence-corrected chi connectivity index (χ3v) is 9.62. The first kappa shape index (κ1) is 48.3. The summed E-state index contributed by atoms with van der Waals surface area (Å²) in [6, 6.07) is 2.64. The molecule has 4 rings (SSSR count). The summed E-state index contributed by atoms with van der Waals surface area (Å²) < 4.78 is 33.2. The van der Waals surface area contributed by atoms with Crippen molar-refractivity contribution in [2.45, 2.75) is 62.2 Å². The van der Waals surface area contributed by atoms with Gasteiger partial charge in [0.15, 0.2) is 0 Å². The minimum absolute atomic E-state index is 0.0605. The summed E-state index contributed by atoms with van der Waals surface area (Å²) in [6.07, 6.45) is 9.56. The molecule has 3 aromatic rings. The number of esters is 1. The molecule has 0 bridgehead atoms. The first-order chi connectivity index (χ1) is 24.5. The molecule has 0 fully saturated rings. The summed E-state index contributed by atoms with van der Waals surface area (Å²) >= 11 is 9.46. The average molecular weight is 863 g/mol. The number of nitrogen functional groups attached to an aromatic ring is 1. The van der Waals surface area contributed by atoms with Crippen LogP contribution >= 0.6 is 54.1 Å². The molecule has 1 unspecified atom stereocenters. The van der Waals surface area contributed by atoms with Gasteiger partial charge in [-0.05, 0) is 53.5 Å². The lowest BCUT2D eigenvalue weighted by Gasteiger charge is -2.16. The Morgan fingerprint density at radius 3 is 2.30 bits per heavy atom. The number of fused-ring (bicyclic) bond motifs is 1. The van der Waals surface area contributed by atoms with Gasteiger partial charge in [0.1, 0.15) is 24.8 Å². The van der Waals surface area contributed by atoms with E-state index in [2.05, 4.69) is 38.7 Å². The Hall–Kier alpha value is -2.69. The Labute approximate surface area is 326 Å². The fourth-order valence-corrected chi connectivity index (χ4v) is 6.51. The second-order valence-electron chi connectivity index (χ2n) is 12.1. The molecule has 0 amide bonds. The highest BCUT2D eigenvalue weighted by Crippen LogP contribution is 2.33. The van der Waals surface area contributed by atoms with Gasteiger partial charge in [-0.25, -0.2) is 14.1 Å². The summed E-state index contributed by atoms with van der Waals surface area (Å²) in [5.41, 5.74) is -0.142. The highest BCUT2D eigenvalue weighted by atomic mass is 35.5. The van der Waals surface area contributed by atoms with Crippen molar-refractivity contribution in [2.75, 3.05) is 56.6 Å². The Morgan fingerprint density at radius 2 is 1.79 bits per heavy atom. The number of nitrogens with zero attached hydrogens (tertiary/aromatic N) is 6. The molecule has 24 heteroatoms. The molecule has 3 heterocycles. The molecule has 1 atom stereocenters. The van der Waals surface area contributed by atoms with Crippen molar-refractivity contribution in [3.8, 4) is 0 Å².